The summed E-state index contributed by atoms with van der Waals surface area (Å²) in [7, 11) is 0. The van der Waals surface area contributed by atoms with Crippen LogP contribution in [-0.2, 0) is 0 Å². The van der Waals surface area contributed by atoms with Crippen molar-refractivity contribution in [3.8, 4) is 0 Å². The number of pyridine rings is 1. The van der Waals surface area contributed by atoms with Crippen molar-refractivity contribution in [1.82, 2.24) is 0 Å². The summed E-state index contributed by atoms with van der Waals surface area (Å²) in [5.41, 5.74) is 0. The average Bonchev–Trinajstić information content (AvgIpc) is 2.87. The van der Waals surface area contributed by atoms with Crippen LogP contribution >= 0.6 is 11.8 Å². The van der Waals surface area contributed by atoms with E-state index in [1.54, 1.807) is 0 Å². The zero-order valence-corrected chi connectivity index (χ0v) is 7.47. The standard InChI is InChI=1S/C9H12NS/c1-11-9-3-2-6-10(7-9)8-4-5-8/h2-3,6-8H,4-5H2,1H3/q+1. The number of hydrogen-bond donors (Lipinski definition) is 0. The number of nitrogens with zero attached hydrogens (tertiary/aromatic N) is 1. The zero-order valence-electron chi connectivity index (χ0n) is 6.66. The molecule has 0 atom stereocenters. The molecule has 0 spiro atoms. The van der Waals surface area contributed by atoms with Gasteiger partial charge in [-0.15, -0.1) is 11.8 Å². The Hall–Kier alpha value is -0.500. The summed E-state index contributed by atoms with van der Waals surface area (Å²) in [4.78, 5) is 1.36. The van der Waals surface area contributed by atoms with E-state index in [9.17, 15) is 0 Å². The molecule has 0 radical (unpaired) electrons. The maximum Gasteiger partial charge on any atom is 0.182 e. The van der Waals surface area contributed by atoms with Crippen molar-refractivity contribution < 1.29 is 4.57 Å². The molecule has 0 aromatic carbocycles. The number of hydrogen-bond acceptors (Lipinski definition) is 1. The molecular weight excluding hydrogens is 154 g/mol. The third-order valence-electron chi connectivity index (χ3n) is 2.00. The summed E-state index contributed by atoms with van der Waals surface area (Å²) >= 11 is 1.81. The summed E-state index contributed by atoms with van der Waals surface area (Å²) in [5, 5.41) is 0. The van der Waals surface area contributed by atoms with Gasteiger partial charge in [0.05, 0.1) is 4.90 Å². The molecule has 0 saturated heterocycles. The van der Waals surface area contributed by atoms with Gasteiger partial charge in [0.15, 0.2) is 18.4 Å². The van der Waals surface area contributed by atoms with Crippen LogP contribution in [0.5, 0.6) is 0 Å². The van der Waals surface area contributed by atoms with Gasteiger partial charge in [-0.1, -0.05) is 0 Å². The van der Waals surface area contributed by atoms with Gasteiger partial charge in [-0.3, -0.25) is 0 Å². The number of aromatic nitrogens is 1. The molecule has 2 rings (SSSR count). The van der Waals surface area contributed by atoms with Crippen LogP contribution in [-0.4, -0.2) is 6.26 Å². The SMILES string of the molecule is CSc1ccc[n+](C2CC2)c1. The van der Waals surface area contributed by atoms with Crippen LogP contribution in [0.15, 0.2) is 29.4 Å². The first kappa shape index (κ1) is 7.17. The van der Waals surface area contributed by atoms with E-state index in [2.05, 4.69) is 35.3 Å². The Kier molecular flexibility index (Phi) is 1.86. The van der Waals surface area contributed by atoms with Crippen molar-refractivity contribution in [2.24, 2.45) is 0 Å². The monoisotopic (exact) mass is 166 g/mol. The molecule has 11 heavy (non-hydrogen) atoms. The van der Waals surface area contributed by atoms with E-state index in [1.807, 2.05) is 11.8 Å². The van der Waals surface area contributed by atoms with Gasteiger partial charge < -0.3 is 0 Å². The third-order valence-corrected chi connectivity index (χ3v) is 2.71. The minimum absolute atomic E-state index is 0.807. The van der Waals surface area contributed by atoms with Crippen molar-refractivity contribution in [3.05, 3.63) is 24.5 Å². The summed E-state index contributed by atoms with van der Waals surface area (Å²) < 4.78 is 2.33. The Bertz CT molecular complexity index is 255. The van der Waals surface area contributed by atoms with Crippen LogP contribution in [0.3, 0.4) is 0 Å². The first-order valence-corrected chi connectivity index (χ1v) is 5.17. The highest BCUT2D eigenvalue weighted by atomic mass is 32.2. The molecule has 1 aliphatic rings. The quantitative estimate of drug-likeness (QED) is 0.480. The predicted octanol–water partition coefficient (Wildman–Crippen LogP) is 2.03. The molecule has 0 bridgehead atoms. The first-order chi connectivity index (χ1) is 5.40. The largest absolute Gasteiger partial charge is 0.201 e. The fourth-order valence-electron chi connectivity index (χ4n) is 1.19. The lowest BCUT2D eigenvalue weighted by atomic mass is 10.5. The molecule has 1 heterocycles. The minimum atomic E-state index is 0.807. The molecule has 58 valence electrons. The maximum absolute atomic E-state index is 2.33. The third kappa shape index (κ3) is 1.56. The van der Waals surface area contributed by atoms with Gasteiger partial charge in [0.1, 0.15) is 0 Å². The van der Waals surface area contributed by atoms with Crippen molar-refractivity contribution in [3.63, 3.8) is 0 Å². The Labute approximate surface area is 71.4 Å². The van der Waals surface area contributed by atoms with E-state index in [4.69, 9.17) is 0 Å². The van der Waals surface area contributed by atoms with Gasteiger partial charge in [0.2, 0.25) is 0 Å². The lowest BCUT2D eigenvalue weighted by Crippen LogP contribution is -2.30. The minimum Gasteiger partial charge on any atom is -0.201 e. The molecule has 1 fully saturated rings. The maximum atomic E-state index is 2.33. The van der Waals surface area contributed by atoms with Gasteiger partial charge in [-0.05, 0) is 12.3 Å². The first-order valence-electron chi connectivity index (χ1n) is 3.95. The van der Waals surface area contributed by atoms with E-state index < -0.39 is 0 Å². The molecule has 0 amide bonds. The van der Waals surface area contributed by atoms with Crippen molar-refractivity contribution in [2.75, 3.05) is 6.26 Å². The van der Waals surface area contributed by atoms with Crippen molar-refractivity contribution in [1.29, 1.82) is 0 Å². The molecule has 0 aliphatic heterocycles. The van der Waals surface area contributed by atoms with E-state index in [0.717, 1.165) is 6.04 Å². The smallest absolute Gasteiger partial charge is 0.182 e. The molecule has 0 unspecified atom stereocenters. The molecule has 0 N–H and O–H groups in total. The molecule has 1 saturated carbocycles. The highest BCUT2D eigenvalue weighted by Gasteiger charge is 2.31. The highest BCUT2D eigenvalue weighted by molar-refractivity contribution is 7.98. The van der Waals surface area contributed by atoms with E-state index in [0.29, 0.717) is 0 Å². The summed E-state index contributed by atoms with van der Waals surface area (Å²) in [6.07, 6.45) is 9.25. The van der Waals surface area contributed by atoms with Gasteiger partial charge in [-0.25, -0.2) is 4.57 Å². The Balaban J connectivity index is 2.26. The van der Waals surface area contributed by atoms with Crippen molar-refractivity contribution >= 4 is 11.8 Å². The molecule has 1 nitrogen and oxygen atoms in total. The fraction of sp³-hybridized carbons (Fsp3) is 0.444. The second-order valence-corrected chi connectivity index (χ2v) is 3.80. The average molecular weight is 166 g/mol. The second kappa shape index (κ2) is 2.86. The van der Waals surface area contributed by atoms with Crippen molar-refractivity contribution in [2.45, 2.75) is 23.8 Å². The summed E-state index contributed by atoms with van der Waals surface area (Å²) in [5.74, 6) is 0. The lowest BCUT2D eigenvalue weighted by molar-refractivity contribution is -0.702. The summed E-state index contributed by atoms with van der Waals surface area (Å²) in [6, 6.07) is 5.09. The Morgan fingerprint density at radius 1 is 1.55 bits per heavy atom. The normalized spacial score (nSPS) is 16.8. The molecule has 1 aliphatic carbocycles. The molecule has 2 heteroatoms. The Morgan fingerprint density at radius 2 is 2.36 bits per heavy atom. The van der Waals surface area contributed by atoms with Crippen LogP contribution in [0.1, 0.15) is 18.9 Å². The van der Waals surface area contributed by atoms with E-state index in [-0.39, 0.29) is 0 Å². The van der Waals surface area contributed by atoms with Crippen LogP contribution in [0.2, 0.25) is 0 Å². The van der Waals surface area contributed by atoms with Crippen LogP contribution in [0.4, 0.5) is 0 Å². The number of thioether (sulfide) groups is 1. The van der Waals surface area contributed by atoms with Crippen LogP contribution in [0.25, 0.3) is 0 Å². The van der Waals surface area contributed by atoms with Gasteiger partial charge in [-0.2, -0.15) is 0 Å². The van der Waals surface area contributed by atoms with Gasteiger partial charge in [0.25, 0.3) is 0 Å². The second-order valence-electron chi connectivity index (χ2n) is 2.92. The van der Waals surface area contributed by atoms with E-state index in [1.165, 1.54) is 17.7 Å². The van der Waals surface area contributed by atoms with Crippen LogP contribution in [0, 0.1) is 0 Å². The summed E-state index contributed by atoms with van der Waals surface area (Å²) in [6.45, 7) is 0. The Morgan fingerprint density at radius 3 is 3.00 bits per heavy atom. The topological polar surface area (TPSA) is 3.88 Å². The van der Waals surface area contributed by atoms with Gasteiger partial charge in [0, 0.05) is 18.9 Å². The number of rotatable bonds is 2. The lowest BCUT2D eigenvalue weighted by Gasteiger charge is -1.94. The predicted molar refractivity (Wildman–Crippen MR) is 46.7 cm³/mol. The van der Waals surface area contributed by atoms with E-state index >= 15 is 0 Å². The fourth-order valence-corrected chi connectivity index (χ4v) is 1.63. The molecule has 1 aromatic heterocycles. The highest BCUT2D eigenvalue weighted by Crippen LogP contribution is 2.29. The molecular formula is C9H12NS+. The zero-order chi connectivity index (χ0) is 7.68. The van der Waals surface area contributed by atoms with Gasteiger partial charge >= 0.3 is 0 Å². The van der Waals surface area contributed by atoms with Crippen LogP contribution < -0.4 is 4.57 Å². The molecule has 1 aromatic rings.